The van der Waals surface area contributed by atoms with Gasteiger partial charge in [0.05, 0.1) is 18.3 Å². The Kier molecular flexibility index (Phi) is 6.94. The summed E-state index contributed by atoms with van der Waals surface area (Å²) in [6, 6.07) is 10.2. The molecule has 1 aromatic carbocycles. The Morgan fingerprint density at radius 3 is 2.72 bits per heavy atom. The molecular weight excluding hydrogens is 366 g/mol. The zero-order valence-corrected chi connectivity index (χ0v) is 17.1. The van der Waals surface area contributed by atoms with Crippen LogP contribution in [0, 0.1) is 5.92 Å². The Bertz CT molecular complexity index is 903. The van der Waals surface area contributed by atoms with E-state index in [0.29, 0.717) is 24.9 Å². The van der Waals surface area contributed by atoms with Gasteiger partial charge in [-0.25, -0.2) is 15.0 Å². The molecule has 1 aliphatic heterocycles. The van der Waals surface area contributed by atoms with Crippen LogP contribution in [0.4, 0.5) is 11.6 Å². The third kappa shape index (κ3) is 5.19. The number of aliphatic imine (C=N–C) groups is 1. The number of hydrogen-bond acceptors (Lipinski definition) is 6. The van der Waals surface area contributed by atoms with E-state index < -0.39 is 0 Å². The van der Waals surface area contributed by atoms with Crippen molar-refractivity contribution in [3.63, 3.8) is 0 Å². The number of carbonyl (C=O) groups excluding carboxylic acids is 1. The van der Waals surface area contributed by atoms with Crippen LogP contribution in [0.15, 0.2) is 47.7 Å². The molecule has 0 aliphatic carbocycles. The number of anilines is 2. The highest BCUT2D eigenvalue weighted by Gasteiger charge is 2.19. The molecule has 0 bridgehead atoms. The summed E-state index contributed by atoms with van der Waals surface area (Å²) < 4.78 is 5.54. The van der Waals surface area contributed by atoms with Gasteiger partial charge in [0.15, 0.2) is 5.90 Å². The smallest absolute Gasteiger partial charge is 0.229 e. The average molecular weight is 398 g/mol. The number of amides is 1. The summed E-state index contributed by atoms with van der Waals surface area (Å²) in [6.45, 7) is 6.90. The second-order valence-corrected chi connectivity index (χ2v) is 6.90. The topological polar surface area (TPSA) is 88.5 Å². The predicted octanol–water partition coefficient (Wildman–Crippen LogP) is 4.92. The molecule has 7 heteroatoms. The SMILES string of the molecule is CCOC1=NC=C(c2ccc(NC(CC)c3ccnc(NC=O)n3)cc2)C(C)C1.[HH].[HH]. The summed E-state index contributed by atoms with van der Waals surface area (Å²) in [5.41, 5.74) is 4.21. The molecule has 2 aromatic rings. The Balaban J connectivity index is 0.00000240. The molecular formula is C22H31N5O2. The van der Waals surface area contributed by atoms with Crippen molar-refractivity contribution in [2.24, 2.45) is 10.9 Å². The van der Waals surface area contributed by atoms with Crippen molar-refractivity contribution in [2.75, 3.05) is 17.2 Å². The Hall–Kier alpha value is -3.22. The zero-order chi connectivity index (χ0) is 20.6. The molecule has 3 rings (SSSR count). The van der Waals surface area contributed by atoms with Gasteiger partial charge < -0.3 is 10.1 Å². The van der Waals surface area contributed by atoms with Crippen molar-refractivity contribution in [3.05, 3.63) is 54.0 Å². The van der Waals surface area contributed by atoms with E-state index in [4.69, 9.17) is 4.74 Å². The molecule has 2 N–H and O–H groups in total. The Morgan fingerprint density at radius 2 is 2.07 bits per heavy atom. The van der Waals surface area contributed by atoms with E-state index in [1.165, 1.54) is 5.57 Å². The summed E-state index contributed by atoms with van der Waals surface area (Å²) >= 11 is 0. The number of ether oxygens (including phenoxy) is 1. The van der Waals surface area contributed by atoms with Crippen LogP contribution in [0.2, 0.25) is 0 Å². The first-order chi connectivity index (χ1) is 14.1. The van der Waals surface area contributed by atoms with Crippen LogP contribution < -0.4 is 10.6 Å². The van der Waals surface area contributed by atoms with Crippen molar-refractivity contribution in [1.82, 2.24) is 9.97 Å². The third-order valence-corrected chi connectivity index (χ3v) is 4.86. The van der Waals surface area contributed by atoms with Crippen molar-refractivity contribution in [3.8, 4) is 0 Å². The van der Waals surface area contributed by atoms with E-state index in [0.717, 1.165) is 35.7 Å². The van der Waals surface area contributed by atoms with Gasteiger partial charge in [-0.2, -0.15) is 0 Å². The van der Waals surface area contributed by atoms with Crippen LogP contribution in [0.25, 0.3) is 5.57 Å². The second-order valence-electron chi connectivity index (χ2n) is 6.90. The van der Waals surface area contributed by atoms with Gasteiger partial charge in [0.2, 0.25) is 12.4 Å². The zero-order valence-electron chi connectivity index (χ0n) is 17.1. The minimum absolute atomic E-state index is 0. The molecule has 0 fully saturated rings. The van der Waals surface area contributed by atoms with Gasteiger partial charge in [-0.3, -0.25) is 10.1 Å². The Morgan fingerprint density at radius 1 is 1.28 bits per heavy atom. The van der Waals surface area contributed by atoms with E-state index in [1.54, 1.807) is 6.20 Å². The summed E-state index contributed by atoms with van der Waals surface area (Å²) in [6.07, 6.45) is 5.81. The van der Waals surface area contributed by atoms with Crippen LogP contribution in [0.1, 0.15) is 53.8 Å². The average Bonchev–Trinajstić information content (AvgIpc) is 2.73. The highest BCUT2D eigenvalue weighted by Crippen LogP contribution is 2.31. The molecule has 1 aliphatic rings. The van der Waals surface area contributed by atoms with Gasteiger partial charge >= 0.3 is 0 Å². The van der Waals surface area contributed by atoms with Crippen LogP contribution in [-0.2, 0) is 9.53 Å². The van der Waals surface area contributed by atoms with Gasteiger partial charge in [-0.05, 0) is 48.6 Å². The minimum atomic E-state index is 0. The van der Waals surface area contributed by atoms with Gasteiger partial charge in [0.25, 0.3) is 0 Å². The number of nitrogens with one attached hydrogen (secondary N) is 2. The standard InChI is InChI=1S/C22H27N5O2.2H2/c1-4-19(20-10-11-23-22(27-20)25-14-28)26-17-8-6-16(7-9-17)18-13-24-21(29-5-2)12-15(18)3;;/h6-11,13-15,19,26H,4-5,12H2,1-3H3,(H,23,25,27,28);2*1H. The predicted molar refractivity (Wildman–Crippen MR) is 120 cm³/mol. The monoisotopic (exact) mass is 397 g/mol. The van der Waals surface area contributed by atoms with E-state index in [-0.39, 0.29) is 8.90 Å². The van der Waals surface area contributed by atoms with E-state index in [9.17, 15) is 4.79 Å². The summed E-state index contributed by atoms with van der Waals surface area (Å²) in [5, 5.41) is 6.00. The largest absolute Gasteiger partial charge is 0.481 e. The van der Waals surface area contributed by atoms with E-state index >= 15 is 0 Å². The first kappa shape index (κ1) is 20.5. The van der Waals surface area contributed by atoms with E-state index in [2.05, 4.69) is 63.7 Å². The lowest BCUT2D eigenvalue weighted by molar-refractivity contribution is -0.105. The molecule has 2 heterocycles. The van der Waals surface area contributed by atoms with Crippen molar-refractivity contribution >= 4 is 29.5 Å². The normalized spacial score (nSPS) is 17.0. The van der Waals surface area contributed by atoms with Crippen LogP contribution >= 0.6 is 0 Å². The highest BCUT2D eigenvalue weighted by atomic mass is 16.5. The number of hydrogen-bond donors (Lipinski definition) is 2. The fourth-order valence-electron chi connectivity index (χ4n) is 3.35. The number of rotatable bonds is 8. The highest BCUT2D eigenvalue weighted by molar-refractivity contribution is 5.84. The minimum Gasteiger partial charge on any atom is -0.481 e. The summed E-state index contributed by atoms with van der Waals surface area (Å²) in [4.78, 5) is 23.5. The molecule has 29 heavy (non-hydrogen) atoms. The lowest BCUT2D eigenvalue weighted by Crippen LogP contribution is -2.15. The molecule has 1 aromatic heterocycles. The molecule has 156 valence electrons. The van der Waals surface area contributed by atoms with E-state index in [1.807, 2.05) is 19.2 Å². The number of carbonyl (C=O) groups is 1. The first-order valence-corrected chi connectivity index (χ1v) is 9.94. The molecule has 0 saturated carbocycles. The summed E-state index contributed by atoms with van der Waals surface area (Å²) in [7, 11) is 0. The summed E-state index contributed by atoms with van der Waals surface area (Å²) in [5.74, 6) is 1.47. The quantitative estimate of drug-likeness (QED) is 0.618. The maximum absolute atomic E-state index is 10.6. The third-order valence-electron chi connectivity index (χ3n) is 4.86. The number of nitrogens with zero attached hydrogens (tertiary/aromatic N) is 3. The van der Waals surface area contributed by atoms with Gasteiger partial charge in [0.1, 0.15) is 0 Å². The van der Waals surface area contributed by atoms with Crippen molar-refractivity contribution < 1.29 is 12.4 Å². The van der Waals surface area contributed by atoms with Crippen LogP contribution in [-0.4, -0.2) is 28.9 Å². The van der Waals surface area contributed by atoms with Gasteiger partial charge in [0, 0.05) is 27.4 Å². The lowest BCUT2D eigenvalue weighted by Gasteiger charge is -2.22. The van der Waals surface area contributed by atoms with Crippen molar-refractivity contribution in [1.29, 1.82) is 0 Å². The molecule has 0 spiro atoms. The van der Waals surface area contributed by atoms with Crippen LogP contribution in [0.5, 0.6) is 0 Å². The number of benzene rings is 1. The first-order valence-electron chi connectivity index (χ1n) is 9.94. The molecule has 0 radical (unpaired) electrons. The molecule has 0 saturated heterocycles. The fraction of sp³-hybridized carbons (Fsp3) is 0.364. The number of aromatic nitrogens is 2. The molecule has 1 amide bonds. The van der Waals surface area contributed by atoms with Crippen LogP contribution in [0.3, 0.4) is 0 Å². The fourth-order valence-corrected chi connectivity index (χ4v) is 3.35. The van der Waals surface area contributed by atoms with Gasteiger partial charge in [-0.15, -0.1) is 0 Å². The van der Waals surface area contributed by atoms with Gasteiger partial charge in [-0.1, -0.05) is 26.0 Å². The van der Waals surface area contributed by atoms with Crippen molar-refractivity contribution in [2.45, 2.75) is 39.7 Å². The molecule has 2 atom stereocenters. The second kappa shape index (κ2) is 9.82. The molecule has 2 unspecified atom stereocenters. The number of allylic oxidation sites excluding steroid dienone is 1. The Labute approximate surface area is 174 Å². The maximum atomic E-state index is 10.6. The lowest BCUT2D eigenvalue weighted by atomic mass is 9.90. The maximum Gasteiger partial charge on any atom is 0.229 e. The molecule has 7 nitrogen and oxygen atoms in total.